The summed E-state index contributed by atoms with van der Waals surface area (Å²) in [7, 11) is 0. The fourth-order valence-electron chi connectivity index (χ4n) is 9.38. The zero-order valence-corrected chi connectivity index (χ0v) is 38.1. The molecule has 0 aromatic heterocycles. The van der Waals surface area contributed by atoms with E-state index in [9.17, 15) is 0 Å². The Morgan fingerprint density at radius 1 is 0.370 bits per heavy atom. The van der Waals surface area contributed by atoms with Gasteiger partial charge in [0.25, 0.3) is 0 Å². The van der Waals surface area contributed by atoms with Gasteiger partial charge >= 0.3 is 0 Å². The lowest BCUT2D eigenvalue weighted by atomic mass is 10.0. The van der Waals surface area contributed by atoms with Gasteiger partial charge in [-0.3, -0.25) is 0 Å². The number of unbranched alkanes of at least 4 members (excludes halogenated alkanes) is 22. The first-order chi connectivity index (χ1) is 25.7. The fourth-order valence-corrected chi connectivity index (χ4v) is 9.38. The first kappa shape index (κ1) is 53.6. The van der Waals surface area contributed by atoms with E-state index in [0.29, 0.717) is 0 Å². The number of piperidine rings is 2. The molecule has 6 heteroatoms. The normalized spacial score (nSPS) is 17.7. The largest absolute Gasteiger partial charge is 1.00 e. The van der Waals surface area contributed by atoms with Crippen LogP contribution in [0.25, 0.3) is 0 Å². The zero-order valence-electron chi connectivity index (χ0n) is 36.6. The molecule has 0 saturated carbocycles. The van der Waals surface area contributed by atoms with Crippen LogP contribution in [0.1, 0.15) is 206 Å². The van der Waals surface area contributed by atoms with Crippen LogP contribution in [0.2, 0.25) is 0 Å². The second-order valence-corrected chi connectivity index (χ2v) is 17.2. The predicted molar refractivity (Wildman–Crippen MR) is 232 cm³/mol. The smallest absolute Gasteiger partial charge is 0.116 e. The average Bonchev–Trinajstić information content (AvgIpc) is 3.18. The van der Waals surface area contributed by atoms with Gasteiger partial charge in [0.1, 0.15) is 26.2 Å². The summed E-state index contributed by atoms with van der Waals surface area (Å²) in [6, 6.07) is 0. The van der Waals surface area contributed by atoms with E-state index in [0.717, 1.165) is 35.4 Å². The van der Waals surface area contributed by atoms with Crippen molar-refractivity contribution in [2.45, 2.75) is 206 Å². The van der Waals surface area contributed by atoms with E-state index < -0.39 is 0 Å². The number of nitrogens with zero attached hydrogens (tertiary/aromatic N) is 4. The van der Waals surface area contributed by atoms with Crippen LogP contribution in [0.15, 0.2) is 37.5 Å². The molecule has 0 spiro atoms. The van der Waals surface area contributed by atoms with E-state index in [1.54, 1.807) is 0 Å². The molecule has 2 unspecified atom stereocenters. The Balaban J connectivity index is 0.0000140. The van der Waals surface area contributed by atoms with Gasteiger partial charge in [0, 0.05) is 26.2 Å². The maximum atomic E-state index is 4.30. The molecule has 0 bridgehead atoms. The van der Waals surface area contributed by atoms with E-state index in [1.807, 2.05) is 0 Å². The molecule has 0 aliphatic carbocycles. The molecule has 4 nitrogen and oxygen atoms in total. The highest BCUT2D eigenvalue weighted by atomic mass is 35.5. The topological polar surface area (TPSA) is 6.48 Å². The summed E-state index contributed by atoms with van der Waals surface area (Å²) >= 11 is 0. The molecule has 2 aliphatic heterocycles. The summed E-state index contributed by atoms with van der Waals surface area (Å²) < 4.78 is 2.20. The van der Waals surface area contributed by atoms with Crippen LogP contribution in [0.5, 0.6) is 0 Å². The number of rotatable bonds is 36. The first-order valence-electron chi connectivity index (χ1n) is 23.8. The Morgan fingerprint density at radius 3 is 0.889 bits per heavy atom. The molecule has 2 aliphatic rings. The van der Waals surface area contributed by atoms with Crippen LogP contribution in [0.3, 0.4) is 0 Å². The van der Waals surface area contributed by atoms with Gasteiger partial charge in [-0.15, -0.1) is 0 Å². The highest BCUT2D eigenvalue weighted by Crippen LogP contribution is 2.25. The molecule has 320 valence electrons. The van der Waals surface area contributed by atoms with Crippen molar-refractivity contribution in [3.63, 3.8) is 0 Å². The minimum atomic E-state index is 0. The van der Waals surface area contributed by atoms with Gasteiger partial charge in [-0.25, -0.2) is 9.18 Å². The predicted octanol–water partition coefficient (Wildman–Crippen LogP) is 7.76. The van der Waals surface area contributed by atoms with Crippen molar-refractivity contribution in [3.8, 4) is 0 Å². The van der Waals surface area contributed by atoms with Gasteiger partial charge in [-0.1, -0.05) is 168 Å². The molecule has 0 amide bonds. The minimum Gasteiger partial charge on any atom is -1.00 e. The van der Waals surface area contributed by atoms with Gasteiger partial charge < -0.3 is 24.8 Å². The van der Waals surface area contributed by atoms with Crippen molar-refractivity contribution in [3.05, 3.63) is 37.5 Å². The average molecular weight is 798 g/mol. The third-order valence-electron chi connectivity index (χ3n) is 12.7. The van der Waals surface area contributed by atoms with Gasteiger partial charge in [0.2, 0.25) is 0 Å². The molecule has 2 saturated heterocycles. The Kier molecular flexibility index (Phi) is 36.7. The third kappa shape index (κ3) is 23.8. The molecule has 0 radical (unpaired) electrons. The highest BCUT2D eigenvalue weighted by Gasteiger charge is 2.36. The highest BCUT2D eigenvalue weighted by molar-refractivity contribution is 4.84. The molecule has 0 aromatic rings. The van der Waals surface area contributed by atoms with Crippen molar-refractivity contribution in [1.29, 1.82) is 0 Å². The summed E-state index contributed by atoms with van der Waals surface area (Å²) in [6.45, 7) is 25.2. The molecule has 0 aromatic carbocycles. The standard InChI is InChI=1S/C48H94N4.2ClH/c1-5-9-11-13-15-17-19-21-23-25-27-35-45-51(43-7-3,49-39-31-29-32-40-49)47-37-38-48-52(44-8-4,50-41-33-30-34-42-50)46-36-28-26-24-22-20-18-16-14-12-10-6-2;;/h7-8,37-38H,3-6,9-36,39-48H2,1-2H3;2*1H/q+2;;/p-2. The third-order valence-corrected chi connectivity index (χ3v) is 12.7. The Morgan fingerprint density at radius 2 is 0.630 bits per heavy atom. The van der Waals surface area contributed by atoms with Crippen molar-refractivity contribution >= 4 is 0 Å². The molecule has 54 heavy (non-hydrogen) atoms. The summed E-state index contributed by atoms with van der Waals surface area (Å²) in [4.78, 5) is 0. The molecular weight excluding hydrogens is 703 g/mol. The van der Waals surface area contributed by atoms with E-state index in [4.69, 9.17) is 0 Å². The lowest BCUT2D eigenvalue weighted by molar-refractivity contribution is -1.03. The van der Waals surface area contributed by atoms with Crippen LogP contribution in [0, 0.1) is 0 Å². The first-order valence-corrected chi connectivity index (χ1v) is 23.8. The zero-order chi connectivity index (χ0) is 37.3. The van der Waals surface area contributed by atoms with Crippen molar-refractivity contribution in [2.75, 3.05) is 65.4 Å². The molecule has 2 rings (SSSR count). The summed E-state index contributed by atoms with van der Waals surface area (Å²) in [5.41, 5.74) is 0. The lowest BCUT2D eigenvalue weighted by Gasteiger charge is -2.47. The maximum absolute atomic E-state index is 4.30. The van der Waals surface area contributed by atoms with Gasteiger partial charge in [-0.05, 0) is 75.7 Å². The fraction of sp³-hybridized carbons (Fsp3) is 0.875. The van der Waals surface area contributed by atoms with Crippen LogP contribution < -0.4 is 24.8 Å². The van der Waals surface area contributed by atoms with Crippen LogP contribution in [-0.4, -0.2) is 84.6 Å². The van der Waals surface area contributed by atoms with Gasteiger partial charge in [-0.2, -0.15) is 10.0 Å². The molecular formula is C48H94Cl2N4. The summed E-state index contributed by atoms with van der Waals surface area (Å²) in [5.74, 6) is 0. The summed E-state index contributed by atoms with van der Waals surface area (Å²) in [5, 5.41) is 5.69. The van der Waals surface area contributed by atoms with Crippen LogP contribution in [-0.2, 0) is 0 Å². The minimum absolute atomic E-state index is 0. The molecule has 2 fully saturated rings. The van der Waals surface area contributed by atoms with Crippen molar-refractivity contribution in [1.82, 2.24) is 10.0 Å². The second kappa shape index (κ2) is 36.9. The molecule has 2 atom stereocenters. The number of hydrogen-bond acceptors (Lipinski definition) is 2. The van der Waals surface area contributed by atoms with E-state index in [2.05, 4.69) is 61.3 Å². The number of hydrogen-bond donors (Lipinski definition) is 0. The lowest BCUT2D eigenvalue weighted by Crippen LogP contribution is -3.00. The number of halogens is 2. The monoisotopic (exact) mass is 797 g/mol. The quantitative estimate of drug-likeness (QED) is 0.0364. The van der Waals surface area contributed by atoms with Crippen molar-refractivity contribution < 1.29 is 34.0 Å². The van der Waals surface area contributed by atoms with Crippen molar-refractivity contribution in [2.24, 2.45) is 0 Å². The Bertz CT molecular complexity index is 788. The molecule has 0 N–H and O–H groups in total. The maximum Gasteiger partial charge on any atom is 0.116 e. The molecule has 2 heterocycles. The summed E-state index contributed by atoms with van der Waals surface area (Å²) in [6.07, 6.45) is 52.0. The van der Waals surface area contributed by atoms with Crippen LogP contribution in [0.4, 0.5) is 0 Å². The van der Waals surface area contributed by atoms with Gasteiger partial charge in [0.15, 0.2) is 0 Å². The van der Waals surface area contributed by atoms with Crippen LogP contribution >= 0.6 is 0 Å². The van der Waals surface area contributed by atoms with E-state index >= 15 is 0 Å². The second-order valence-electron chi connectivity index (χ2n) is 17.2. The Hall–Kier alpha value is -0.360. The van der Waals surface area contributed by atoms with E-state index in [1.165, 1.54) is 232 Å². The Labute approximate surface area is 352 Å². The van der Waals surface area contributed by atoms with Gasteiger partial charge in [0.05, 0.1) is 13.1 Å². The SMILES string of the molecule is C=CC[N+](CC=CC[N+](CC=C)(CCCCCCCCCCCCCC)N1CCCCC1)(CCCCCCCCCCCCCC)N1CCCCC1.[Cl-].[Cl-]. The number of quaternary nitrogens is 2. The van der Waals surface area contributed by atoms with E-state index in [-0.39, 0.29) is 24.8 Å².